The van der Waals surface area contributed by atoms with E-state index in [-0.39, 0.29) is 22.1 Å². The molecule has 0 amide bonds. The van der Waals surface area contributed by atoms with E-state index in [1.807, 2.05) is 13.8 Å². The van der Waals surface area contributed by atoms with Gasteiger partial charge < -0.3 is 4.74 Å². The van der Waals surface area contributed by atoms with Crippen molar-refractivity contribution in [1.82, 2.24) is 14.8 Å². The number of hydrogen-bond donors (Lipinski definition) is 1. The Hall–Kier alpha value is -1.35. The number of H-pyrrole nitrogens is 1. The molecule has 0 fully saturated rings. The highest BCUT2D eigenvalue weighted by molar-refractivity contribution is 9.10. The summed E-state index contributed by atoms with van der Waals surface area (Å²) in [5.74, 6) is 0.144. The number of nitrogens with one attached hydrogen (secondary N) is 1. The first-order chi connectivity index (χ1) is 9.69. The van der Waals surface area contributed by atoms with Gasteiger partial charge in [0, 0.05) is 10.4 Å². The van der Waals surface area contributed by atoms with Crippen LogP contribution in [-0.4, -0.2) is 21.1 Å². The molecule has 0 atom stereocenters. The van der Waals surface area contributed by atoms with Gasteiger partial charge in [-0.2, -0.15) is 5.10 Å². The predicted octanol–water partition coefficient (Wildman–Crippen LogP) is 4.71. The zero-order valence-corrected chi connectivity index (χ0v) is 13.4. The third-order valence-corrected chi connectivity index (χ3v) is 3.37. The van der Waals surface area contributed by atoms with Gasteiger partial charge in [0.2, 0.25) is 0 Å². The summed E-state index contributed by atoms with van der Waals surface area (Å²) in [6.45, 7) is 3.73. The highest BCUT2D eigenvalue weighted by atomic mass is 79.9. The molecule has 114 valence electrons. The largest absolute Gasteiger partial charge is 0.573 e. The van der Waals surface area contributed by atoms with Crippen molar-refractivity contribution in [2.75, 3.05) is 0 Å². The second-order valence-corrected chi connectivity index (χ2v) is 5.84. The summed E-state index contributed by atoms with van der Waals surface area (Å²) in [7, 11) is 0. The van der Waals surface area contributed by atoms with Crippen molar-refractivity contribution in [3.05, 3.63) is 33.3 Å². The van der Waals surface area contributed by atoms with E-state index >= 15 is 0 Å². The fourth-order valence-corrected chi connectivity index (χ4v) is 2.39. The van der Waals surface area contributed by atoms with Crippen molar-refractivity contribution in [2.24, 2.45) is 0 Å². The summed E-state index contributed by atoms with van der Waals surface area (Å²) < 4.78 is 43.9. The molecule has 0 aliphatic heterocycles. The third kappa shape index (κ3) is 3.65. The van der Waals surface area contributed by atoms with Crippen LogP contribution >= 0.6 is 28.1 Å². The Morgan fingerprint density at radius 3 is 2.62 bits per heavy atom. The molecular weight excluding hydrogens is 371 g/mol. The van der Waals surface area contributed by atoms with Gasteiger partial charge >= 0.3 is 6.36 Å². The minimum atomic E-state index is -4.79. The summed E-state index contributed by atoms with van der Waals surface area (Å²) in [5.41, 5.74) is 0.179. The zero-order chi connectivity index (χ0) is 15.8. The molecule has 1 aromatic carbocycles. The van der Waals surface area contributed by atoms with Crippen molar-refractivity contribution in [2.45, 2.75) is 26.1 Å². The van der Waals surface area contributed by atoms with Crippen LogP contribution in [0.1, 0.15) is 25.6 Å². The molecule has 0 radical (unpaired) electrons. The number of rotatable bonds is 3. The maximum atomic E-state index is 12.6. The van der Waals surface area contributed by atoms with Crippen LogP contribution in [0.5, 0.6) is 5.75 Å². The van der Waals surface area contributed by atoms with E-state index in [0.29, 0.717) is 10.3 Å². The van der Waals surface area contributed by atoms with Gasteiger partial charge in [-0.3, -0.25) is 9.67 Å². The number of ether oxygens (including phenoxy) is 1. The summed E-state index contributed by atoms with van der Waals surface area (Å²) in [6.07, 6.45) is -4.79. The normalized spacial score (nSPS) is 12.0. The number of halogens is 4. The molecule has 0 saturated carbocycles. The topological polar surface area (TPSA) is 42.8 Å². The minimum Gasteiger partial charge on any atom is -0.403 e. The molecule has 0 aliphatic rings. The van der Waals surface area contributed by atoms with Gasteiger partial charge in [0.1, 0.15) is 5.82 Å². The van der Waals surface area contributed by atoms with Crippen LogP contribution in [0, 0.1) is 4.77 Å². The molecule has 2 aromatic rings. The first kappa shape index (κ1) is 16.0. The number of aromatic nitrogens is 3. The van der Waals surface area contributed by atoms with Gasteiger partial charge in [-0.1, -0.05) is 29.8 Å². The van der Waals surface area contributed by atoms with Crippen LogP contribution in [0.15, 0.2) is 22.7 Å². The maximum Gasteiger partial charge on any atom is 0.573 e. The molecule has 1 aromatic heterocycles. The van der Waals surface area contributed by atoms with Crippen molar-refractivity contribution in [3.63, 3.8) is 0 Å². The molecule has 21 heavy (non-hydrogen) atoms. The monoisotopic (exact) mass is 381 g/mol. The lowest BCUT2D eigenvalue weighted by molar-refractivity contribution is -0.274. The Morgan fingerprint density at radius 2 is 2.05 bits per heavy atom. The molecule has 0 spiro atoms. The summed E-state index contributed by atoms with van der Waals surface area (Å²) in [5, 5.41) is 6.64. The first-order valence-corrected chi connectivity index (χ1v) is 7.12. The standard InChI is InChI=1S/C12H11BrF3N3OS/c1-6(2)10-17-18-11(21)19(10)8-4-3-7(13)5-9(8)20-12(14,15)16/h3-6H,1-2H3,(H,18,21). The average molecular weight is 382 g/mol. The zero-order valence-electron chi connectivity index (χ0n) is 11.0. The number of alkyl halides is 3. The number of nitrogens with zero attached hydrogens (tertiary/aromatic N) is 2. The molecule has 1 heterocycles. The van der Waals surface area contributed by atoms with Crippen molar-refractivity contribution >= 4 is 28.1 Å². The Kier molecular flexibility index (Phi) is 4.43. The highest BCUT2D eigenvalue weighted by Gasteiger charge is 2.33. The lowest BCUT2D eigenvalue weighted by atomic mass is 10.2. The molecule has 0 saturated heterocycles. The van der Waals surface area contributed by atoms with Gasteiger partial charge in [-0.05, 0) is 30.4 Å². The Balaban J connectivity index is 2.64. The third-order valence-electron chi connectivity index (χ3n) is 2.60. The fourth-order valence-electron chi connectivity index (χ4n) is 1.81. The fraction of sp³-hybridized carbons (Fsp3) is 0.333. The second kappa shape index (κ2) is 5.80. The minimum absolute atomic E-state index is 0.0275. The highest BCUT2D eigenvalue weighted by Crippen LogP contribution is 2.33. The van der Waals surface area contributed by atoms with Crippen molar-refractivity contribution in [1.29, 1.82) is 0 Å². The molecule has 0 aliphatic carbocycles. The smallest absolute Gasteiger partial charge is 0.403 e. The Labute approximate surface area is 132 Å². The Bertz CT molecular complexity index is 709. The van der Waals surface area contributed by atoms with E-state index in [2.05, 4.69) is 30.9 Å². The van der Waals surface area contributed by atoms with E-state index in [1.165, 1.54) is 16.7 Å². The molecule has 0 bridgehead atoms. The van der Waals surface area contributed by atoms with Crippen LogP contribution in [0.3, 0.4) is 0 Å². The lowest BCUT2D eigenvalue weighted by Crippen LogP contribution is -2.19. The van der Waals surface area contributed by atoms with Crippen LogP contribution in [0.2, 0.25) is 0 Å². The van der Waals surface area contributed by atoms with Crippen molar-refractivity contribution in [3.8, 4) is 11.4 Å². The van der Waals surface area contributed by atoms with Gasteiger partial charge in [0.25, 0.3) is 0 Å². The predicted molar refractivity (Wildman–Crippen MR) is 77.2 cm³/mol. The van der Waals surface area contributed by atoms with Gasteiger partial charge in [0.15, 0.2) is 10.5 Å². The summed E-state index contributed by atoms with van der Waals surface area (Å²) >= 11 is 8.23. The number of hydrogen-bond acceptors (Lipinski definition) is 3. The van der Waals surface area contributed by atoms with E-state index in [9.17, 15) is 13.2 Å². The number of aromatic amines is 1. The van der Waals surface area contributed by atoms with E-state index in [1.54, 1.807) is 6.07 Å². The summed E-state index contributed by atoms with van der Waals surface area (Å²) in [6, 6.07) is 4.33. The van der Waals surface area contributed by atoms with Crippen LogP contribution < -0.4 is 4.74 Å². The summed E-state index contributed by atoms with van der Waals surface area (Å²) in [4.78, 5) is 0. The SMILES string of the molecule is CC(C)c1n[nH]c(=S)n1-c1ccc(Br)cc1OC(F)(F)F. The van der Waals surface area contributed by atoms with Gasteiger partial charge in [-0.15, -0.1) is 13.2 Å². The van der Waals surface area contributed by atoms with E-state index in [0.717, 1.165) is 0 Å². The van der Waals surface area contributed by atoms with Crippen molar-refractivity contribution < 1.29 is 17.9 Å². The molecule has 1 N–H and O–H groups in total. The first-order valence-electron chi connectivity index (χ1n) is 5.92. The Morgan fingerprint density at radius 1 is 1.38 bits per heavy atom. The van der Waals surface area contributed by atoms with Crippen LogP contribution in [0.4, 0.5) is 13.2 Å². The quantitative estimate of drug-likeness (QED) is 0.782. The van der Waals surface area contributed by atoms with Gasteiger partial charge in [0.05, 0.1) is 5.69 Å². The molecule has 2 rings (SSSR count). The molecule has 9 heteroatoms. The second-order valence-electron chi connectivity index (χ2n) is 4.54. The molecular formula is C12H11BrF3N3OS. The van der Waals surface area contributed by atoms with Crippen LogP contribution in [-0.2, 0) is 0 Å². The number of benzene rings is 1. The van der Waals surface area contributed by atoms with Crippen LogP contribution in [0.25, 0.3) is 5.69 Å². The lowest BCUT2D eigenvalue weighted by Gasteiger charge is -2.16. The van der Waals surface area contributed by atoms with E-state index < -0.39 is 6.36 Å². The molecule has 0 unspecified atom stereocenters. The maximum absolute atomic E-state index is 12.6. The molecule has 4 nitrogen and oxygen atoms in total. The average Bonchev–Trinajstić information content (AvgIpc) is 2.69. The van der Waals surface area contributed by atoms with E-state index in [4.69, 9.17) is 12.2 Å². The van der Waals surface area contributed by atoms with Gasteiger partial charge in [-0.25, -0.2) is 0 Å².